The zero-order valence-corrected chi connectivity index (χ0v) is 15.5. The minimum absolute atomic E-state index is 0.321. The van der Waals surface area contributed by atoms with Crippen LogP contribution in [0.4, 0.5) is 0 Å². The number of nitrogens with zero attached hydrogens (tertiary/aromatic N) is 1. The lowest BCUT2D eigenvalue weighted by atomic mass is 9.70. The van der Waals surface area contributed by atoms with Gasteiger partial charge < -0.3 is 0 Å². The summed E-state index contributed by atoms with van der Waals surface area (Å²) in [4.78, 5) is 16.3. The van der Waals surface area contributed by atoms with Crippen molar-refractivity contribution in [3.8, 4) is 0 Å². The molecule has 2 bridgehead atoms. The van der Waals surface area contributed by atoms with Gasteiger partial charge in [-0.15, -0.1) is 0 Å². The average Bonchev–Trinajstić information content (AvgIpc) is 3.34. The molecule has 2 aromatic rings. The van der Waals surface area contributed by atoms with E-state index in [-0.39, 0.29) is 5.54 Å². The zero-order valence-electron chi connectivity index (χ0n) is 15.5. The van der Waals surface area contributed by atoms with Crippen LogP contribution in [0, 0.1) is 17.8 Å². The van der Waals surface area contributed by atoms with E-state index in [1.807, 2.05) is 18.2 Å². The molecule has 26 heavy (non-hydrogen) atoms. The third-order valence-electron chi connectivity index (χ3n) is 7.10. The lowest BCUT2D eigenvalue weighted by Crippen LogP contribution is -2.57. The predicted molar refractivity (Wildman–Crippen MR) is 105 cm³/mol. The Morgan fingerprint density at radius 2 is 1.50 bits per heavy atom. The van der Waals surface area contributed by atoms with Crippen molar-refractivity contribution in [2.75, 3.05) is 14.1 Å². The maximum atomic E-state index is 14.0. The second kappa shape index (κ2) is 5.65. The Kier molecular flexibility index (Phi) is 3.48. The molecule has 0 radical (unpaired) electrons. The standard InChI is InChI=1S/C24H25NO/c1-25(2)24-19-14-13-18(15-19)22(24)20(16-9-5-3-6-10-16)21(23(24)26)17-11-7-4-8-12-17/h3-12,18-19,22H,13-15H2,1-2H3/t18?,19?,22-,24+/m1/s1. The number of Topliss-reactive ketones (excluding diaryl/α,β-unsaturated/α-hetero) is 1. The minimum Gasteiger partial charge on any atom is -0.296 e. The van der Waals surface area contributed by atoms with Gasteiger partial charge in [0.15, 0.2) is 5.78 Å². The molecule has 2 fully saturated rings. The summed E-state index contributed by atoms with van der Waals surface area (Å²) < 4.78 is 0. The first-order valence-corrected chi connectivity index (χ1v) is 9.73. The van der Waals surface area contributed by atoms with Crippen LogP contribution in [-0.2, 0) is 4.79 Å². The van der Waals surface area contributed by atoms with Crippen LogP contribution in [0.1, 0.15) is 30.4 Å². The maximum absolute atomic E-state index is 14.0. The first kappa shape index (κ1) is 16.0. The highest BCUT2D eigenvalue weighted by Gasteiger charge is 2.68. The molecule has 2 aromatic carbocycles. The number of rotatable bonds is 3. The van der Waals surface area contributed by atoms with Gasteiger partial charge in [-0.05, 0) is 61.9 Å². The number of ketones is 1. The van der Waals surface area contributed by atoms with E-state index in [2.05, 4.69) is 61.5 Å². The number of hydrogen-bond acceptors (Lipinski definition) is 2. The second-order valence-corrected chi connectivity index (χ2v) is 8.32. The highest BCUT2D eigenvalue weighted by atomic mass is 16.1. The number of benzene rings is 2. The summed E-state index contributed by atoms with van der Waals surface area (Å²) in [5, 5.41) is 0. The average molecular weight is 343 g/mol. The van der Waals surface area contributed by atoms with Crippen molar-refractivity contribution in [1.82, 2.24) is 4.90 Å². The topological polar surface area (TPSA) is 20.3 Å². The van der Waals surface area contributed by atoms with Gasteiger partial charge in [0.1, 0.15) is 0 Å². The summed E-state index contributed by atoms with van der Waals surface area (Å²) in [5.74, 6) is 1.79. The highest BCUT2D eigenvalue weighted by molar-refractivity contribution is 6.36. The van der Waals surface area contributed by atoms with Gasteiger partial charge in [0, 0.05) is 11.5 Å². The van der Waals surface area contributed by atoms with Crippen LogP contribution < -0.4 is 0 Å². The SMILES string of the molecule is CN(C)[C@]12C(=O)C(c3ccccc3)=C(c3ccccc3)[C@H]1C1CCC2C1. The molecule has 0 saturated heterocycles. The highest BCUT2D eigenvalue weighted by Crippen LogP contribution is 2.66. The zero-order chi connectivity index (χ0) is 17.9. The molecular weight excluding hydrogens is 318 g/mol. The van der Waals surface area contributed by atoms with Crippen LogP contribution in [0.15, 0.2) is 60.7 Å². The Hall–Kier alpha value is -2.19. The molecule has 3 aliphatic rings. The molecule has 4 atom stereocenters. The number of fused-ring (bicyclic) bond motifs is 5. The first-order chi connectivity index (χ1) is 12.7. The third-order valence-corrected chi connectivity index (χ3v) is 7.10. The van der Waals surface area contributed by atoms with Gasteiger partial charge in [0.05, 0.1) is 5.54 Å². The van der Waals surface area contributed by atoms with Crippen molar-refractivity contribution in [3.05, 3.63) is 71.8 Å². The number of carbonyl (C=O) groups excluding carboxylic acids is 1. The van der Waals surface area contributed by atoms with Crippen molar-refractivity contribution in [2.45, 2.75) is 24.8 Å². The van der Waals surface area contributed by atoms with E-state index in [1.54, 1.807) is 0 Å². The van der Waals surface area contributed by atoms with Crippen LogP contribution in [0.5, 0.6) is 0 Å². The van der Waals surface area contributed by atoms with Gasteiger partial charge in [-0.3, -0.25) is 9.69 Å². The molecule has 5 rings (SSSR count). The molecule has 0 aromatic heterocycles. The van der Waals surface area contributed by atoms with Gasteiger partial charge in [0.25, 0.3) is 0 Å². The van der Waals surface area contributed by atoms with E-state index in [0.717, 1.165) is 11.1 Å². The van der Waals surface area contributed by atoms with Crippen LogP contribution in [-0.4, -0.2) is 30.3 Å². The largest absolute Gasteiger partial charge is 0.296 e. The fraction of sp³-hybridized carbons (Fsp3) is 0.375. The monoisotopic (exact) mass is 343 g/mol. The fourth-order valence-electron chi connectivity index (χ4n) is 6.27. The van der Waals surface area contributed by atoms with E-state index in [1.165, 1.54) is 30.4 Å². The summed E-state index contributed by atoms with van der Waals surface area (Å²) in [6.07, 6.45) is 3.65. The fourth-order valence-corrected chi connectivity index (χ4v) is 6.27. The summed E-state index contributed by atoms with van der Waals surface area (Å²) >= 11 is 0. The van der Waals surface area contributed by atoms with Crippen LogP contribution in [0.2, 0.25) is 0 Å². The predicted octanol–water partition coefficient (Wildman–Crippen LogP) is 4.53. The first-order valence-electron chi connectivity index (χ1n) is 9.73. The van der Waals surface area contributed by atoms with Crippen molar-refractivity contribution >= 4 is 16.9 Å². The molecular formula is C24H25NO. The molecule has 0 heterocycles. The van der Waals surface area contributed by atoms with Gasteiger partial charge in [-0.1, -0.05) is 60.7 Å². The Morgan fingerprint density at radius 1 is 0.885 bits per heavy atom. The number of carbonyl (C=O) groups is 1. The molecule has 2 unspecified atom stereocenters. The van der Waals surface area contributed by atoms with E-state index >= 15 is 0 Å². The van der Waals surface area contributed by atoms with Crippen molar-refractivity contribution in [3.63, 3.8) is 0 Å². The molecule has 0 amide bonds. The van der Waals surface area contributed by atoms with Gasteiger partial charge in [0.2, 0.25) is 0 Å². The Balaban J connectivity index is 1.80. The lowest BCUT2D eigenvalue weighted by molar-refractivity contribution is -0.127. The molecule has 0 N–H and O–H groups in total. The van der Waals surface area contributed by atoms with Crippen molar-refractivity contribution in [1.29, 1.82) is 0 Å². The van der Waals surface area contributed by atoms with E-state index in [0.29, 0.717) is 23.5 Å². The lowest BCUT2D eigenvalue weighted by Gasteiger charge is -2.44. The number of likely N-dealkylation sites (N-methyl/N-ethyl adjacent to an activating group) is 1. The van der Waals surface area contributed by atoms with E-state index in [4.69, 9.17) is 0 Å². The molecule has 2 nitrogen and oxygen atoms in total. The Bertz CT molecular complexity index is 883. The molecule has 0 spiro atoms. The van der Waals surface area contributed by atoms with Crippen LogP contribution in [0.3, 0.4) is 0 Å². The van der Waals surface area contributed by atoms with Crippen molar-refractivity contribution in [2.24, 2.45) is 17.8 Å². The summed E-state index contributed by atoms with van der Waals surface area (Å²) in [5.41, 5.74) is 4.21. The minimum atomic E-state index is -0.348. The molecule has 2 heteroatoms. The third kappa shape index (κ3) is 1.88. The summed E-state index contributed by atoms with van der Waals surface area (Å²) in [7, 11) is 4.23. The maximum Gasteiger partial charge on any atom is 0.184 e. The van der Waals surface area contributed by atoms with Crippen LogP contribution in [0.25, 0.3) is 11.1 Å². The van der Waals surface area contributed by atoms with Gasteiger partial charge in [-0.25, -0.2) is 0 Å². The Labute approximate surface area is 155 Å². The van der Waals surface area contributed by atoms with E-state index in [9.17, 15) is 4.79 Å². The molecule has 3 aliphatic carbocycles. The summed E-state index contributed by atoms with van der Waals surface area (Å²) in [6.45, 7) is 0. The van der Waals surface area contributed by atoms with E-state index < -0.39 is 0 Å². The summed E-state index contributed by atoms with van der Waals surface area (Å²) in [6, 6.07) is 20.9. The smallest absolute Gasteiger partial charge is 0.184 e. The van der Waals surface area contributed by atoms with Gasteiger partial charge in [-0.2, -0.15) is 0 Å². The molecule has 132 valence electrons. The quantitative estimate of drug-likeness (QED) is 0.816. The number of hydrogen-bond donors (Lipinski definition) is 0. The Morgan fingerprint density at radius 3 is 2.12 bits per heavy atom. The van der Waals surface area contributed by atoms with Crippen molar-refractivity contribution < 1.29 is 4.79 Å². The molecule has 0 aliphatic heterocycles. The normalized spacial score (nSPS) is 32.6. The molecule has 2 saturated carbocycles. The van der Waals surface area contributed by atoms with Gasteiger partial charge >= 0.3 is 0 Å². The second-order valence-electron chi connectivity index (χ2n) is 8.32. The van der Waals surface area contributed by atoms with Crippen LogP contribution >= 0.6 is 0 Å².